The lowest BCUT2D eigenvalue weighted by Gasteiger charge is -2.44. The van der Waals surface area contributed by atoms with Gasteiger partial charge in [0.2, 0.25) is 0 Å². The van der Waals surface area contributed by atoms with Crippen LogP contribution < -0.4 is 4.74 Å². The van der Waals surface area contributed by atoms with Gasteiger partial charge >= 0.3 is 0 Å². The summed E-state index contributed by atoms with van der Waals surface area (Å²) >= 11 is 0. The van der Waals surface area contributed by atoms with Crippen molar-refractivity contribution in [1.82, 2.24) is 0 Å². The number of hydrogen-bond donors (Lipinski definition) is 0. The maximum Gasteiger partial charge on any atom is 0.119 e. The van der Waals surface area contributed by atoms with Crippen LogP contribution in [0.3, 0.4) is 0 Å². The predicted octanol–water partition coefficient (Wildman–Crippen LogP) is 6.69. The predicted molar refractivity (Wildman–Crippen MR) is 126 cm³/mol. The molecule has 0 bridgehead atoms. The van der Waals surface area contributed by atoms with Crippen molar-refractivity contribution in [3.8, 4) is 5.75 Å². The first-order valence-electron chi connectivity index (χ1n) is 11.7. The molecule has 160 valence electrons. The molecule has 3 aromatic rings. The van der Waals surface area contributed by atoms with Gasteiger partial charge in [-0.05, 0) is 54.5 Å². The molecule has 2 heteroatoms. The largest absolute Gasteiger partial charge is 0.491 e. The van der Waals surface area contributed by atoms with Crippen molar-refractivity contribution in [2.24, 2.45) is 5.92 Å². The maximum absolute atomic E-state index is 5.95. The third kappa shape index (κ3) is 4.14. The molecule has 0 N–H and O–H groups in total. The Kier molecular flexibility index (Phi) is 5.82. The minimum atomic E-state index is -0.145. The molecule has 2 atom stereocenters. The lowest BCUT2D eigenvalue weighted by molar-refractivity contribution is 0.261. The van der Waals surface area contributed by atoms with Crippen molar-refractivity contribution >= 4 is 0 Å². The number of rotatable bonds is 7. The molecule has 3 aromatic carbocycles. The van der Waals surface area contributed by atoms with Gasteiger partial charge in [0.25, 0.3) is 0 Å². The standard InChI is InChI=1S/C29H32O2/c1-22-12-14-25(15-13-22)29(23-8-4-2-5-9-23,24-10-6-3-7-11-24)26-16-18-27(19-17-26)30-20-28-21-31-28/h2,4-5,8-9,12-19,24,28H,3,6-7,10-11,20-21H2,1H3. The zero-order chi connectivity index (χ0) is 21.1. The SMILES string of the molecule is Cc1ccc(C(c2ccccc2)(c2ccc(OCC3CO3)cc2)C2CCCCC2)cc1. The van der Waals surface area contributed by atoms with E-state index in [0.29, 0.717) is 12.5 Å². The fraction of sp³-hybridized carbons (Fsp3) is 0.379. The zero-order valence-corrected chi connectivity index (χ0v) is 18.4. The fourth-order valence-electron chi connectivity index (χ4n) is 5.43. The highest BCUT2D eigenvalue weighted by Gasteiger charge is 2.43. The Labute approximate surface area is 186 Å². The van der Waals surface area contributed by atoms with E-state index < -0.39 is 0 Å². The molecule has 0 spiro atoms. The van der Waals surface area contributed by atoms with Gasteiger partial charge in [-0.2, -0.15) is 0 Å². The van der Waals surface area contributed by atoms with E-state index in [4.69, 9.17) is 9.47 Å². The second kappa shape index (κ2) is 8.88. The zero-order valence-electron chi connectivity index (χ0n) is 18.4. The Hall–Kier alpha value is -2.58. The minimum absolute atomic E-state index is 0.145. The normalized spacial score (nSPS) is 20.7. The van der Waals surface area contributed by atoms with E-state index >= 15 is 0 Å². The Morgan fingerprint density at radius 2 is 1.35 bits per heavy atom. The third-order valence-electron chi connectivity index (χ3n) is 7.10. The van der Waals surface area contributed by atoms with Crippen LogP contribution in [0.2, 0.25) is 0 Å². The molecule has 0 amide bonds. The number of epoxide rings is 1. The fourth-order valence-corrected chi connectivity index (χ4v) is 5.43. The molecule has 5 rings (SSSR count). The van der Waals surface area contributed by atoms with Crippen molar-refractivity contribution in [2.75, 3.05) is 13.2 Å². The summed E-state index contributed by atoms with van der Waals surface area (Å²) in [5.41, 5.74) is 5.32. The van der Waals surface area contributed by atoms with Crippen LogP contribution in [0.4, 0.5) is 0 Å². The van der Waals surface area contributed by atoms with Gasteiger partial charge in [-0.1, -0.05) is 91.6 Å². The molecule has 31 heavy (non-hydrogen) atoms. The summed E-state index contributed by atoms with van der Waals surface area (Å²) in [6.07, 6.45) is 6.78. The van der Waals surface area contributed by atoms with E-state index in [-0.39, 0.29) is 11.5 Å². The molecule has 1 aliphatic heterocycles. The van der Waals surface area contributed by atoms with E-state index in [2.05, 4.69) is 85.8 Å². The second-order valence-corrected chi connectivity index (χ2v) is 9.17. The molecule has 0 radical (unpaired) electrons. The van der Waals surface area contributed by atoms with Gasteiger partial charge in [0, 0.05) is 5.41 Å². The monoisotopic (exact) mass is 412 g/mol. The average Bonchev–Trinajstić information content (AvgIpc) is 3.66. The Bertz CT molecular complexity index is 968. The molecule has 1 heterocycles. The highest BCUT2D eigenvalue weighted by molar-refractivity contribution is 5.52. The van der Waals surface area contributed by atoms with Gasteiger partial charge in [-0.25, -0.2) is 0 Å². The summed E-state index contributed by atoms with van der Waals surface area (Å²) in [5.74, 6) is 1.51. The Morgan fingerprint density at radius 3 is 1.97 bits per heavy atom. The van der Waals surface area contributed by atoms with Gasteiger partial charge in [-0.3, -0.25) is 0 Å². The lowest BCUT2D eigenvalue weighted by atomic mass is 9.58. The first-order chi connectivity index (χ1) is 15.3. The summed E-state index contributed by atoms with van der Waals surface area (Å²) in [6, 6.07) is 29.3. The smallest absolute Gasteiger partial charge is 0.119 e. The lowest BCUT2D eigenvalue weighted by Crippen LogP contribution is -2.39. The van der Waals surface area contributed by atoms with Crippen LogP contribution in [0.25, 0.3) is 0 Å². The number of aryl methyl sites for hydroxylation is 1. The molecular weight excluding hydrogens is 380 g/mol. The number of hydrogen-bond acceptors (Lipinski definition) is 2. The van der Waals surface area contributed by atoms with Gasteiger partial charge in [0.1, 0.15) is 18.5 Å². The van der Waals surface area contributed by atoms with Crippen LogP contribution in [-0.4, -0.2) is 19.3 Å². The van der Waals surface area contributed by atoms with Crippen LogP contribution in [-0.2, 0) is 10.2 Å². The van der Waals surface area contributed by atoms with Gasteiger partial charge < -0.3 is 9.47 Å². The second-order valence-electron chi connectivity index (χ2n) is 9.17. The summed E-state index contributed by atoms with van der Waals surface area (Å²) in [7, 11) is 0. The average molecular weight is 413 g/mol. The number of ether oxygens (including phenoxy) is 2. The Balaban J connectivity index is 1.63. The molecule has 2 unspecified atom stereocenters. The minimum Gasteiger partial charge on any atom is -0.491 e. The van der Waals surface area contributed by atoms with E-state index in [9.17, 15) is 0 Å². The molecule has 1 saturated heterocycles. The quantitative estimate of drug-likeness (QED) is 0.319. The van der Waals surface area contributed by atoms with Crippen molar-refractivity contribution in [1.29, 1.82) is 0 Å². The highest BCUT2D eigenvalue weighted by atomic mass is 16.6. The molecule has 0 aromatic heterocycles. The summed E-state index contributed by atoms with van der Waals surface area (Å²) in [4.78, 5) is 0. The molecule has 2 aliphatic rings. The van der Waals surface area contributed by atoms with E-state index in [1.54, 1.807) is 0 Å². The van der Waals surface area contributed by atoms with Crippen LogP contribution >= 0.6 is 0 Å². The van der Waals surface area contributed by atoms with Gasteiger partial charge in [-0.15, -0.1) is 0 Å². The summed E-state index contributed by atoms with van der Waals surface area (Å²) in [6.45, 7) is 3.64. The molecular formula is C29H32O2. The highest BCUT2D eigenvalue weighted by Crippen LogP contribution is 2.50. The maximum atomic E-state index is 5.95. The van der Waals surface area contributed by atoms with Crippen molar-refractivity contribution in [2.45, 2.75) is 50.5 Å². The first-order valence-corrected chi connectivity index (χ1v) is 11.7. The van der Waals surface area contributed by atoms with Crippen LogP contribution in [0.15, 0.2) is 78.9 Å². The van der Waals surface area contributed by atoms with E-state index in [0.717, 1.165) is 12.4 Å². The third-order valence-corrected chi connectivity index (χ3v) is 7.10. The topological polar surface area (TPSA) is 21.8 Å². The molecule has 1 saturated carbocycles. The molecule has 2 nitrogen and oxygen atoms in total. The van der Waals surface area contributed by atoms with E-state index in [1.807, 2.05) is 0 Å². The summed E-state index contributed by atoms with van der Waals surface area (Å²) in [5, 5.41) is 0. The van der Waals surface area contributed by atoms with E-state index in [1.165, 1.54) is 54.4 Å². The van der Waals surface area contributed by atoms with Crippen molar-refractivity contribution < 1.29 is 9.47 Å². The van der Waals surface area contributed by atoms with Gasteiger partial charge in [0.05, 0.1) is 6.61 Å². The molecule has 2 fully saturated rings. The van der Waals surface area contributed by atoms with Crippen LogP contribution in [0, 0.1) is 12.8 Å². The summed E-state index contributed by atoms with van der Waals surface area (Å²) < 4.78 is 11.2. The van der Waals surface area contributed by atoms with Crippen LogP contribution in [0.5, 0.6) is 5.75 Å². The first kappa shape index (κ1) is 20.3. The Morgan fingerprint density at radius 1 is 0.774 bits per heavy atom. The number of benzene rings is 3. The van der Waals surface area contributed by atoms with Crippen LogP contribution in [0.1, 0.15) is 54.4 Å². The van der Waals surface area contributed by atoms with Crippen molar-refractivity contribution in [3.63, 3.8) is 0 Å². The van der Waals surface area contributed by atoms with Gasteiger partial charge in [0.15, 0.2) is 0 Å². The molecule has 1 aliphatic carbocycles. The van der Waals surface area contributed by atoms with Crippen molar-refractivity contribution in [3.05, 3.63) is 101 Å².